The Hall–Kier alpha value is -2.73. The second-order valence-electron chi connectivity index (χ2n) is 7.92. The lowest BCUT2D eigenvalue weighted by molar-refractivity contribution is 0.0660. The normalized spacial score (nSPS) is 18.8. The average molecular weight is 420 g/mol. The SMILES string of the molecule is COc1ccc(-c2n[nH]c3c2C(c2ccc(SC)cc2)N(C2CCCC2)C3=O)cc1. The number of carbonyl (C=O) groups is 1. The van der Waals surface area contributed by atoms with Crippen molar-refractivity contribution in [2.75, 3.05) is 13.4 Å². The molecule has 0 spiro atoms. The molecular weight excluding hydrogens is 394 g/mol. The number of nitrogens with one attached hydrogen (secondary N) is 1. The van der Waals surface area contributed by atoms with Crippen LogP contribution in [0, 0.1) is 0 Å². The summed E-state index contributed by atoms with van der Waals surface area (Å²) in [6.07, 6.45) is 6.59. The number of hydrogen-bond donors (Lipinski definition) is 1. The molecule has 1 fully saturated rings. The zero-order valence-electron chi connectivity index (χ0n) is 17.2. The maximum atomic E-state index is 13.5. The maximum absolute atomic E-state index is 13.5. The van der Waals surface area contributed by atoms with Crippen molar-refractivity contribution in [3.63, 3.8) is 0 Å². The highest BCUT2D eigenvalue weighted by atomic mass is 32.2. The van der Waals surface area contributed by atoms with Crippen molar-refractivity contribution in [3.8, 4) is 17.0 Å². The Balaban J connectivity index is 1.63. The highest BCUT2D eigenvalue weighted by Gasteiger charge is 2.45. The van der Waals surface area contributed by atoms with E-state index in [0.29, 0.717) is 5.69 Å². The van der Waals surface area contributed by atoms with Crippen LogP contribution in [-0.2, 0) is 0 Å². The summed E-state index contributed by atoms with van der Waals surface area (Å²) in [7, 11) is 1.66. The van der Waals surface area contributed by atoms with E-state index < -0.39 is 0 Å². The summed E-state index contributed by atoms with van der Waals surface area (Å²) in [6, 6.07) is 16.7. The van der Waals surface area contributed by atoms with Gasteiger partial charge >= 0.3 is 0 Å². The van der Waals surface area contributed by atoms with Gasteiger partial charge in [-0.1, -0.05) is 25.0 Å². The second-order valence-corrected chi connectivity index (χ2v) is 8.80. The predicted molar refractivity (Wildman–Crippen MR) is 119 cm³/mol. The van der Waals surface area contributed by atoms with Crippen LogP contribution in [0.15, 0.2) is 53.4 Å². The van der Waals surface area contributed by atoms with Crippen LogP contribution in [0.5, 0.6) is 5.75 Å². The Labute approximate surface area is 180 Å². The molecule has 0 radical (unpaired) electrons. The monoisotopic (exact) mass is 419 g/mol. The summed E-state index contributed by atoms with van der Waals surface area (Å²) in [6.45, 7) is 0. The quantitative estimate of drug-likeness (QED) is 0.571. The lowest BCUT2D eigenvalue weighted by Crippen LogP contribution is -2.37. The van der Waals surface area contributed by atoms with E-state index >= 15 is 0 Å². The molecule has 2 aromatic carbocycles. The van der Waals surface area contributed by atoms with E-state index in [0.717, 1.165) is 41.0 Å². The van der Waals surface area contributed by atoms with Crippen molar-refractivity contribution in [1.82, 2.24) is 15.1 Å². The minimum Gasteiger partial charge on any atom is -0.497 e. The lowest BCUT2D eigenvalue weighted by Gasteiger charge is -2.32. The molecular formula is C24H25N3O2S. The van der Waals surface area contributed by atoms with E-state index in [9.17, 15) is 4.79 Å². The maximum Gasteiger partial charge on any atom is 0.273 e. The number of aromatic amines is 1. The molecule has 1 aliphatic carbocycles. The zero-order valence-corrected chi connectivity index (χ0v) is 18.0. The Kier molecular flexibility index (Phi) is 5.03. The summed E-state index contributed by atoms with van der Waals surface area (Å²) >= 11 is 1.73. The first-order chi connectivity index (χ1) is 14.7. The Morgan fingerprint density at radius 3 is 2.40 bits per heavy atom. The molecule has 1 aromatic heterocycles. The number of carbonyl (C=O) groups excluding carboxylic acids is 1. The van der Waals surface area contributed by atoms with Crippen LogP contribution in [0.1, 0.15) is 53.3 Å². The van der Waals surface area contributed by atoms with Gasteiger partial charge in [-0.15, -0.1) is 11.8 Å². The van der Waals surface area contributed by atoms with Gasteiger partial charge in [0.2, 0.25) is 0 Å². The summed E-state index contributed by atoms with van der Waals surface area (Å²) in [5.41, 5.74) is 4.60. The van der Waals surface area contributed by atoms with Crippen LogP contribution in [0.25, 0.3) is 11.3 Å². The first-order valence-electron chi connectivity index (χ1n) is 10.4. The van der Waals surface area contributed by atoms with Crippen LogP contribution in [0.2, 0.25) is 0 Å². The number of nitrogens with zero attached hydrogens (tertiary/aromatic N) is 2. The number of rotatable bonds is 5. The van der Waals surface area contributed by atoms with E-state index in [2.05, 4.69) is 45.6 Å². The summed E-state index contributed by atoms with van der Waals surface area (Å²) in [4.78, 5) is 16.8. The molecule has 2 heterocycles. The molecule has 1 N–H and O–H groups in total. The molecule has 1 aliphatic heterocycles. The second kappa shape index (κ2) is 7.84. The number of hydrogen-bond acceptors (Lipinski definition) is 4. The fourth-order valence-corrected chi connectivity index (χ4v) is 5.22. The number of benzene rings is 2. The highest BCUT2D eigenvalue weighted by Crippen LogP contribution is 2.46. The van der Waals surface area contributed by atoms with E-state index in [4.69, 9.17) is 4.74 Å². The summed E-state index contributed by atoms with van der Waals surface area (Å²) in [5, 5.41) is 7.63. The van der Waals surface area contributed by atoms with Crippen molar-refractivity contribution >= 4 is 17.7 Å². The molecule has 3 aromatic rings. The van der Waals surface area contributed by atoms with Crippen molar-refractivity contribution < 1.29 is 9.53 Å². The van der Waals surface area contributed by atoms with Crippen LogP contribution in [-0.4, -0.2) is 40.4 Å². The molecule has 1 saturated carbocycles. The summed E-state index contributed by atoms with van der Waals surface area (Å²) < 4.78 is 5.30. The molecule has 6 heteroatoms. The van der Waals surface area contributed by atoms with Crippen molar-refractivity contribution in [3.05, 3.63) is 65.4 Å². The molecule has 154 valence electrons. The first kappa shape index (κ1) is 19.2. The lowest BCUT2D eigenvalue weighted by atomic mass is 9.95. The van der Waals surface area contributed by atoms with E-state index in [-0.39, 0.29) is 18.0 Å². The zero-order chi connectivity index (χ0) is 20.7. The fourth-order valence-electron chi connectivity index (χ4n) is 4.81. The average Bonchev–Trinajstić information content (AvgIpc) is 3.52. The smallest absolute Gasteiger partial charge is 0.273 e. The highest BCUT2D eigenvalue weighted by molar-refractivity contribution is 7.98. The van der Waals surface area contributed by atoms with Crippen LogP contribution >= 0.6 is 11.8 Å². The molecule has 5 nitrogen and oxygen atoms in total. The van der Waals surface area contributed by atoms with Gasteiger partial charge in [0.1, 0.15) is 11.4 Å². The number of H-pyrrole nitrogens is 1. The molecule has 5 rings (SSSR count). The number of methoxy groups -OCH3 is 1. The van der Waals surface area contributed by atoms with Gasteiger partial charge in [-0.25, -0.2) is 0 Å². The van der Waals surface area contributed by atoms with Gasteiger partial charge in [0.15, 0.2) is 0 Å². The number of thioether (sulfide) groups is 1. The molecule has 1 atom stereocenters. The first-order valence-corrected chi connectivity index (χ1v) is 11.6. The van der Waals surface area contributed by atoms with Gasteiger partial charge in [0.25, 0.3) is 5.91 Å². The molecule has 30 heavy (non-hydrogen) atoms. The van der Waals surface area contributed by atoms with Crippen LogP contribution in [0.3, 0.4) is 0 Å². The molecule has 0 saturated heterocycles. The van der Waals surface area contributed by atoms with Gasteiger partial charge in [0, 0.05) is 22.1 Å². The molecule has 1 unspecified atom stereocenters. The van der Waals surface area contributed by atoms with Gasteiger partial charge in [-0.3, -0.25) is 9.89 Å². The Morgan fingerprint density at radius 1 is 1.07 bits per heavy atom. The van der Waals surface area contributed by atoms with Gasteiger partial charge in [-0.05, 0) is 61.1 Å². The van der Waals surface area contributed by atoms with Crippen LogP contribution < -0.4 is 4.74 Å². The topological polar surface area (TPSA) is 58.2 Å². The molecule has 1 amide bonds. The van der Waals surface area contributed by atoms with Crippen molar-refractivity contribution in [2.24, 2.45) is 0 Å². The van der Waals surface area contributed by atoms with Crippen molar-refractivity contribution in [1.29, 1.82) is 0 Å². The van der Waals surface area contributed by atoms with Crippen molar-refractivity contribution in [2.45, 2.75) is 42.7 Å². The molecule has 2 aliphatic rings. The van der Waals surface area contributed by atoms with E-state index in [1.54, 1.807) is 18.9 Å². The minimum absolute atomic E-state index is 0.0723. The van der Waals surface area contributed by atoms with Crippen LogP contribution in [0.4, 0.5) is 0 Å². The number of aromatic nitrogens is 2. The van der Waals surface area contributed by atoms with Gasteiger partial charge < -0.3 is 9.64 Å². The number of ether oxygens (including phenoxy) is 1. The third-order valence-electron chi connectivity index (χ3n) is 6.32. The van der Waals surface area contributed by atoms with E-state index in [1.807, 2.05) is 24.3 Å². The van der Waals surface area contributed by atoms with Gasteiger partial charge in [-0.2, -0.15) is 5.10 Å². The largest absolute Gasteiger partial charge is 0.497 e. The number of fused-ring (bicyclic) bond motifs is 1. The standard InChI is InChI=1S/C24H25N3O2S/c1-29-18-11-7-15(8-12-18)21-20-22(26-25-21)24(28)27(17-5-3-4-6-17)23(20)16-9-13-19(30-2)14-10-16/h7-14,17,23H,3-6H2,1-2H3,(H,25,26). The minimum atomic E-state index is -0.109. The number of amides is 1. The predicted octanol–water partition coefficient (Wildman–Crippen LogP) is 5.30. The van der Waals surface area contributed by atoms with E-state index in [1.165, 1.54) is 17.7 Å². The Morgan fingerprint density at radius 2 is 1.77 bits per heavy atom. The third kappa shape index (κ3) is 3.10. The Bertz CT molecular complexity index is 1050. The van der Waals surface area contributed by atoms with Gasteiger partial charge in [0.05, 0.1) is 18.8 Å². The molecule has 0 bridgehead atoms. The fraction of sp³-hybridized carbons (Fsp3) is 0.333. The third-order valence-corrected chi connectivity index (χ3v) is 7.06. The summed E-state index contributed by atoms with van der Waals surface area (Å²) in [5.74, 6) is 0.877.